The molecule has 1 aliphatic rings. The lowest BCUT2D eigenvalue weighted by Crippen LogP contribution is -2.46. The van der Waals surface area contributed by atoms with Crippen molar-refractivity contribution >= 4 is 17.2 Å². The minimum Gasteiger partial charge on any atom is -0.392 e. The van der Waals surface area contributed by atoms with Gasteiger partial charge in [-0.3, -0.25) is 9.69 Å². The standard InChI is InChI=1S/C13H20N2O2S/c1-10-4-5-15(8-12(10)16)9-13(17)14-7-11-3-2-6-18-11/h2-3,6,10,12,16H,4-5,7-9H2,1H3,(H,14,17). The molecule has 0 aromatic carbocycles. The van der Waals surface area contributed by atoms with E-state index in [-0.39, 0.29) is 12.0 Å². The predicted molar refractivity (Wildman–Crippen MR) is 72.4 cm³/mol. The van der Waals surface area contributed by atoms with Gasteiger partial charge in [0.25, 0.3) is 0 Å². The number of rotatable bonds is 4. The Morgan fingerprint density at radius 3 is 3.17 bits per heavy atom. The van der Waals surface area contributed by atoms with Crippen molar-refractivity contribution in [3.63, 3.8) is 0 Å². The molecule has 1 fully saturated rings. The van der Waals surface area contributed by atoms with Crippen molar-refractivity contribution in [3.05, 3.63) is 22.4 Å². The van der Waals surface area contributed by atoms with E-state index in [9.17, 15) is 9.90 Å². The Hall–Kier alpha value is -0.910. The van der Waals surface area contributed by atoms with E-state index in [0.29, 0.717) is 25.6 Å². The average Bonchev–Trinajstić information content (AvgIpc) is 2.84. The molecule has 0 saturated carbocycles. The number of piperidine rings is 1. The maximum atomic E-state index is 11.8. The highest BCUT2D eigenvalue weighted by molar-refractivity contribution is 7.09. The summed E-state index contributed by atoms with van der Waals surface area (Å²) >= 11 is 1.64. The van der Waals surface area contributed by atoms with E-state index < -0.39 is 0 Å². The van der Waals surface area contributed by atoms with Gasteiger partial charge in [0.1, 0.15) is 0 Å². The molecule has 18 heavy (non-hydrogen) atoms. The van der Waals surface area contributed by atoms with Crippen LogP contribution in [0, 0.1) is 5.92 Å². The van der Waals surface area contributed by atoms with E-state index in [1.807, 2.05) is 22.4 Å². The van der Waals surface area contributed by atoms with Crippen LogP contribution in [0.2, 0.25) is 0 Å². The summed E-state index contributed by atoms with van der Waals surface area (Å²) < 4.78 is 0. The highest BCUT2D eigenvalue weighted by Gasteiger charge is 2.25. The second kappa shape index (κ2) is 6.31. The highest BCUT2D eigenvalue weighted by atomic mass is 32.1. The number of aliphatic hydroxyl groups is 1. The monoisotopic (exact) mass is 268 g/mol. The summed E-state index contributed by atoms with van der Waals surface area (Å²) in [6, 6.07) is 3.99. The van der Waals surface area contributed by atoms with E-state index in [1.54, 1.807) is 11.3 Å². The number of hydrogen-bond acceptors (Lipinski definition) is 4. The first-order valence-electron chi connectivity index (χ1n) is 6.34. The average molecular weight is 268 g/mol. The third-order valence-corrected chi connectivity index (χ3v) is 4.29. The number of thiophene rings is 1. The first-order chi connectivity index (χ1) is 8.65. The number of nitrogens with one attached hydrogen (secondary N) is 1. The quantitative estimate of drug-likeness (QED) is 0.859. The molecule has 1 aromatic rings. The van der Waals surface area contributed by atoms with Crippen LogP contribution in [0.25, 0.3) is 0 Å². The fourth-order valence-corrected chi connectivity index (χ4v) is 2.76. The van der Waals surface area contributed by atoms with Crippen LogP contribution in [-0.4, -0.2) is 41.7 Å². The van der Waals surface area contributed by atoms with Crippen LogP contribution in [0.5, 0.6) is 0 Å². The van der Waals surface area contributed by atoms with E-state index in [4.69, 9.17) is 0 Å². The number of β-amino-alcohol motifs (C(OH)–C–C–N with tert-alkyl or cyclic N) is 1. The first-order valence-corrected chi connectivity index (χ1v) is 7.22. The largest absolute Gasteiger partial charge is 0.392 e. The molecule has 2 atom stereocenters. The topological polar surface area (TPSA) is 52.6 Å². The molecule has 2 N–H and O–H groups in total. The number of likely N-dealkylation sites (tertiary alicyclic amines) is 1. The van der Waals surface area contributed by atoms with Crippen molar-refractivity contribution in [1.82, 2.24) is 10.2 Å². The summed E-state index contributed by atoms with van der Waals surface area (Å²) in [5.74, 6) is 0.376. The molecule has 4 nitrogen and oxygen atoms in total. The molecule has 1 amide bonds. The number of aliphatic hydroxyl groups excluding tert-OH is 1. The second-order valence-electron chi connectivity index (χ2n) is 4.92. The Labute approximate surface area is 112 Å². The molecule has 0 aliphatic carbocycles. The summed E-state index contributed by atoms with van der Waals surface area (Å²) in [6.07, 6.45) is 0.656. The maximum absolute atomic E-state index is 11.8. The normalized spacial score (nSPS) is 25.0. The molecule has 2 unspecified atom stereocenters. The van der Waals surface area contributed by atoms with Crippen LogP contribution in [-0.2, 0) is 11.3 Å². The van der Waals surface area contributed by atoms with Gasteiger partial charge in [-0.2, -0.15) is 0 Å². The Morgan fingerprint density at radius 1 is 1.67 bits per heavy atom. The zero-order chi connectivity index (χ0) is 13.0. The molecule has 0 radical (unpaired) electrons. The summed E-state index contributed by atoms with van der Waals surface area (Å²) in [4.78, 5) is 14.9. The lowest BCUT2D eigenvalue weighted by molar-refractivity contribution is -0.123. The van der Waals surface area contributed by atoms with E-state index in [2.05, 4.69) is 12.2 Å². The van der Waals surface area contributed by atoms with E-state index in [0.717, 1.165) is 17.8 Å². The van der Waals surface area contributed by atoms with E-state index >= 15 is 0 Å². The van der Waals surface area contributed by atoms with Gasteiger partial charge in [0, 0.05) is 11.4 Å². The van der Waals surface area contributed by atoms with Crippen molar-refractivity contribution < 1.29 is 9.90 Å². The van der Waals surface area contributed by atoms with Gasteiger partial charge in [-0.1, -0.05) is 13.0 Å². The fourth-order valence-electron chi connectivity index (χ4n) is 2.12. The zero-order valence-corrected chi connectivity index (χ0v) is 11.4. The van der Waals surface area contributed by atoms with Crippen LogP contribution < -0.4 is 5.32 Å². The molecular weight excluding hydrogens is 248 g/mol. The molecule has 1 saturated heterocycles. The SMILES string of the molecule is CC1CCN(CC(=O)NCc2cccs2)CC1O. The predicted octanol–water partition coefficient (Wildman–Crippen LogP) is 1.07. The molecule has 0 spiro atoms. The van der Waals surface area contributed by atoms with Crippen molar-refractivity contribution in [3.8, 4) is 0 Å². The number of nitrogens with zero attached hydrogens (tertiary/aromatic N) is 1. The van der Waals surface area contributed by atoms with Gasteiger partial charge < -0.3 is 10.4 Å². The van der Waals surface area contributed by atoms with E-state index in [1.165, 1.54) is 0 Å². The van der Waals surface area contributed by atoms with Gasteiger partial charge in [0.2, 0.25) is 5.91 Å². The Bertz CT molecular complexity index is 380. The van der Waals surface area contributed by atoms with Gasteiger partial charge >= 0.3 is 0 Å². The molecular formula is C13H20N2O2S. The highest BCUT2D eigenvalue weighted by Crippen LogP contribution is 2.16. The van der Waals surface area contributed by atoms with Crippen molar-refractivity contribution in [1.29, 1.82) is 0 Å². The molecule has 2 rings (SSSR count). The van der Waals surface area contributed by atoms with Crippen LogP contribution in [0.3, 0.4) is 0 Å². The lowest BCUT2D eigenvalue weighted by Gasteiger charge is -2.33. The molecule has 1 aliphatic heterocycles. The molecule has 5 heteroatoms. The third-order valence-electron chi connectivity index (χ3n) is 3.41. The van der Waals surface area contributed by atoms with Crippen LogP contribution in [0.15, 0.2) is 17.5 Å². The summed E-state index contributed by atoms with van der Waals surface area (Å²) in [5, 5.41) is 14.7. The molecule has 0 bridgehead atoms. The first kappa shape index (κ1) is 13.5. The Balaban J connectivity index is 1.71. The van der Waals surface area contributed by atoms with Crippen molar-refractivity contribution in [2.45, 2.75) is 26.0 Å². The zero-order valence-electron chi connectivity index (χ0n) is 10.6. The molecule has 1 aromatic heterocycles. The van der Waals surface area contributed by atoms with Gasteiger partial charge in [-0.05, 0) is 30.3 Å². The lowest BCUT2D eigenvalue weighted by atomic mass is 9.96. The minimum absolute atomic E-state index is 0.0325. The summed E-state index contributed by atoms with van der Waals surface area (Å²) in [7, 11) is 0. The molecule has 100 valence electrons. The smallest absolute Gasteiger partial charge is 0.234 e. The second-order valence-corrected chi connectivity index (χ2v) is 5.96. The Kier molecular flexibility index (Phi) is 4.74. The number of amides is 1. The van der Waals surface area contributed by atoms with Crippen molar-refractivity contribution in [2.24, 2.45) is 5.92 Å². The minimum atomic E-state index is -0.302. The Morgan fingerprint density at radius 2 is 2.50 bits per heavy atom. The molecule has 2 heterocycles. The summed E-state index contributed by atoms with van der Waals surface area (Å²) in [6.45, 7) is 4.54. The van der Waals surface area contributed by atoms with Gasteiger partial charge in [0.15, 0.2) is 0 Å². The number of carbonyl (C=O) groups excluding carboxylic acids is 1. The van der Waals surface area contributed by atoms with Crippen LogP contribution in [0.4, 0.5) is 0 Å². The van der Waals surface area contributed by atoms with Crippen LogP contribution >= 0.6 is 11.3 Å². The number of hydrogen-bond donors (Lipinski definition) is 2. The number of carbonyl (C=O) groups is 1. The fraction of sp³-hybridized carbons (Fsp3) is 0.615. The maximum Gasteiger partial charge on any atom is 0.234 e. The van der Waals surface area contributed by atoms with Gasteiger partial charge in [-0.25, -0.2) is 0 Å². The van der Waals surface area contributed by atoms with Gasteiger partial charge in [-0.15, -0.1) is 11.3 Å². The third kappa shape index (κ3) is 3.80. The summed E-state index contributed by atoms with van der Waals surface area (Å²) in [5.41, 5.74) is 0. The van der Waals surface area contributed by atoms with Crippen LogP contribution in [0.1, 0.15) is 18.2 Å². The van der Waals surface area contributed by atoms with Crippen molar-refractivity contribution in [2.75, 3.05) is 19.6 Å². The van der Waals surface area contributed by atoms with Gasteiger partial charge in [0.05, 0.1) is 19.2 Å².